The normalized spacial score (nSPS) is 19.3. The lowest BCUT2D eigenvalue weighted by Crippen LogP contribution is -2.21. The molecule has 1 aliphatic rings. The van der Waals surface area contributed by atoms with Gasteiger partial charge in [-0.25, -0.2) is 0 Å². The number of rotatable bonds is 6. The first kappa shape index (κ1) is 15.0. The molecule has 0 amide bonds. The van der Waals surface area contributed by atoms with Crippen LogP contribution in [-0.4, -0.2) is 35.4 Å². The van der Waals surface area contributed by atoms with Crippen molar-refractivity contribution in [3.63, 3.8) is 0 Å². The number of hydrogen-bond donors (Lipinski definition) is 0. The molecule has 5 nitrogen and oxygen atoms in total. The van der Waals surface area contributed by atoms with Crippen molar-refractivity contribution >= 4 is 5.78 Å². The maximum Gasteiger partial charge on any atom is 0.184 e. The van der Waals surface area contributed by atoms with Gasteiger partial charge in [0.25, 0.3) is 0 Å². The standard InChI is InChI=1S/C15H24N2O3/c1-11(2)17-15(14(19-3)10-16-17)13(18)8-7-12-6-4-5-9-20-12/h10-12H,4-9H2,1-3H3. The number of nitrogens with zero attached hydrogens (tertiary/aromatic N) is 2. The van der Waals surface area contributed by atoms with Crippen LogP contribution >= 0.6 is 0 Å². The van der Waals surface area contributed by atoms with Gasteiger partial charge in [0, 0.05) is 19.1 Å². The van der Waals surface area contributed by atoms with Crippen LogP contribution in [0, 0.1) is 0 Å². The lowest BCUT2D eigenvalue weighted by atomic mass is 10.0. The van der Waals surface area contributed by atoms with E-state index in [9.17, 15) is 4.79 Å². The van der Waals surface area contributed by atoms with Gasteiger partial charge in [-0.2, -0.15) is 5.10 Å². The minimum absolute atomic E-state index is 0.0854. The van der Waals surface area contributed by atoms with E-state index in [0.29, 0.717) is 17.9 Å². The maximum atomic E-state index is 12.5. The van der Waals surface area contributed by atoms with Crippen molar-refractivity contribution in [1.29, 1.82) is 0 Å². The van der Waals surface area contributed by atoms with Gasteiger partial charge in [-0.15, -0.1) is 0 Å². The number of ether oxygens (including phenoxy) is 2. The van der Waals surface area contributed by atoms with Crippen LogP contribution < -0.4 is 4.74 Å². The van der Waals surface area contributed by atoms with Gasteiger partial charge in [0.15, 0.2) is 11.5 Å². The zero-order valence-electron chi connectivity index (χ0n) is 12.6. The van der Waals surface area contributed by atoms with E-state index in [1.807, 2.05) is 13.8 Å². The topological polar surface area (TPSA) is 53.4 Å². The van der Waals surface area contributed by atoms with E-state index in [-0.39, 0.29) is 17.9 Å². The molecule has 1 unspecified atom stereocenters. The number of hydrogen-bond acceptors (Lipinski definition) is 4. The van der Waals surface area contributed by atoms with Gasteiger partial charge >= 0.3 is 0 Å². The van der Waals surface area contributed by atoms with Crippen LogP contribution in [0.1, 0.15) is 62.5 Å². The molecular weight excluding hydrogens is 256 g/mol. The Morgan fingerprint density at radius 2 is 2.35 bits per heavy atom. The molecule has 0 radical (unpaired) electrons. The summed E-state index contributed by atoms with van der Waals surface area (Å²) in [4.78, 5) is 12.5. The molecule has 0 aliphatic carbocycles. The van der Waals surface area contributed by atoms with Gasteiger partial charge in [-0.1, -0.05) is 0 Å². The predicted molar refractivity (Wildman–Crippen MR) is 76.3 cm³/mol. The number of ketones is 1. The second-order valence-corrected chi connectivity index (χ2v) is 5.55. The van der Waals surface area contributed by atoms with Crippen molar-refractivity contribution in [2.75, 3.05) is 13.7 Å². The predicted octanol–water partition coefficient (Wildman–Crippen LogP) is 3.00. The van der Waals surface area contributed by atoms with E-state index in [2.05, 4.69) is 5.10 Å². The third-order valence-electron chi connectivity index (χ3n) is 3.70. The van der Waals surface area contributed by atoms with E-state index in [1.54, 1.807) is 18.0 Å². The van der Waals surface area contributed by atoms with Crippen LogP contribution in [0.3, 0.4) is 0 Å². The van der Waals surface area contributed by atoms with Gasteiger partial charge in [0.05, 0.1) is 19.4 Å². The summed E-state index contributed by atoms with van der Waals surface area (Å²) in [5.41, 5.74) is 0.582. The van der Waals surface area contributed by atoms with Crippen molar-refractivity contribution in [3.05, 3.63) is 11.9 Å². The third kappa shape index (κ3) is 3.39. The molecule has 0 aromatic carbocycles. The van der Waals surface area contributed by atoms with Crippen LogP contribution in [0.4, 0.5) is 0 Å². The Morgan fingerprint density at radius 1 is 1.55 bits per heavy atom. The molecule has 2 heterocycles. The highest BCUT2D eigenvalue weighted by Crippen LogP contribution is 2.24. The van der Waals surface area contributed by atoms with E-state index in [0.717, 1.165) is 25.9 Å². The first-order valence-corrected chi connectivity index (χ1v) is 7.39. The number of Topliss-reactive ketones (excluding diaryl/α,β-unsaturated/α-hetero) is 1. The molecule has 1 aromatic rings. The first-order valence-electron chi connectivity index (χ1n) is 7.39. The average molecular weight is 280 g/mol. The highest BCUT2D eigenvalue weighted by atomic mass is 16.5. The van der Waals surface area contributed by atoms with Gasteiger partial charge in [-0.05, 0) is 39.5 Å². The molecule has 0 spiro atoms. The van der Waals surface area contributed by atoms with Gasteiger partial charge in [0.1, 0.15) is 5.69 Å². The second-order valence-electron chi connectivity index (χ2n) is 5.55. The molecular formula is C15H24N2O3. The summed E-state index contributed by atoms with van der Waals surface area (Å²) in [7, 11) is 1.57. The van der Waals surface area contributed by atoms with E-state index in [1.165, 1.54) is 6.42 Å². The lowest BCUT2D eigenvalue weighted by molar-refractivity contribution is 0.0104. The second kappa shape index (κ2) is 6.88. The molecule has 1 atom stereocenters. The fourth-order valence-electron chi connectivity index (χ4n) is 2.60. The van der Waals surface area contributed by atoms with Crippen LogP contribution in [0.5, 0.6) is 5.75 Å². The monoisotopic (exact) mass is 280 g/mol. The molecule has 112 valence electrons. The first-order chi connectivity index (χ1) is 9.63. The molecule has 1 fully saturated rings. The summed E-state index contributed by atoms with van der Waals surface area (Å²) < 4.78 is 12.7. The zero-order valence-corrected chi connectivity index (χ0v) is 12.6. The fourth-order valence-corrected chi connectivity index (χ4v) is 2.60. The molecule has 0 N–H and O–H groups in total. The number of carbonyl (C=O) groups excluding carboxylic acids is 1. The lowest BCUT2D eigenvalue weighted by Gasteiger charge is -2.22. The molecule has 1 aliphatic heterocycles. The summed E-state index contributed by atoms with van der Waals surface area (Å²) in [5, 5.41) is 4.24. The summed E-state index contributed by atoms with van der Waals surface area (Å²) in [6, 6.07) is 0.142. The van der Waals surface area contributed by atoms with Crippen LogP contribution in [-0.2, 0) is 4.74 Å². The van der Waals surface area contributed by atoms with Crippen molar-refractivity contribution in [3.8, 4) is 5.75 Å². The van der Waals surface area contributed by atoms with Gasteiger partial charge in [-0.3, -0.25) is 9.48 Å². The van der Waals surface area contributed by atoms with Gasteiger partial charge in [0.2, 0.25) is 0 Å². The zero-order chi connectivity index (χ0) is 14.5. The Hall–Kier alpha value is -1.36. The molecule has 5 heteroatoms. The Balaban J connectivity index is 2.02. The van der Waals surface area contributed by atoms with Crippen molar-refractivity contribution in [2.45, 2.75) is 58.1 Å². The fraction of sp³-hybridized carbons (Fsp3) is 0.733. The molecule has 1 aromatic heterocycles. The minimum Gasteiger partial charge on any atom is -0.493 e. The van der Waals surface area contributed by atoms with Crippen molar-refractivity contribution in [1.82, 2.24) is 9.78 Å². The molecule has 2 rings (SSSR count). The summed E-state index contributed by atoms with van der Waals surface area (Å²) in [6.45, 7) is 4.84. The Bertz CT molecular complexity index is 448. The van der Waals surface area contributed by atoms with Crippen LogP contribution in [0.15, 0.2) is 6.20 Å². The summed E-state index contributed by atoms with van der Waals surface area (Å²) in [6.07, 6.45) is 6.52. The maximum absolute atomic E-state index is 12.5. The summed E-state index contributed by atoms with van der Waals surface area (Å²) in [5.74, 6) is 0.649. The quantitative estimate of drug-likeness (QED) is 0.752. The Kier molecular flexibility index (Phi) is 5.17. The van der Waals surface area contributed by atoms with E-state index >= 15 is 0 Å². The van der Waals surface area contributed by atoms with Crippen molar-refractivity contribution in [2.24, 2.45) is 0 Å². The smallest absolute Gasteiger partial charge is 0.184 e. The Morgan fingerprint density at radius 3 is 2.95 bits per heavy atom. The molecule has 20 heavy (non-hydrogen) atoms. The number of carbonyl (C=O) groups is 1. The average Bonchev–Trinajstić information content (AvgIpc) is 2.90. The van der Waals surface area contributed by atoms with Crippen molar-refractivity contribution < 1.29 is 14.3 Å². The Labute approximate surface area is 120 Å². The molecule has 0 saturated carbocycles. The SMILES string of the molecule is COc1cnn(C(C)C)c1C(=O)CCC1CCCCO1. The molecule has 1 saturated heterocycles. The largest absolute Gasteiger partial charge is 0.493 e. The molecule has 0 bridgehead atoms. The highest BCUT2D eigenvalue weighted by Gasteiger charge is 2.22. The van der Waals surface area contributed by atoms with E-state index in [4.69, 9.17) is 9.47 Å². The number of methoxy groups -OCH3 is 1. The van der Waals surface area contributed by atoms with Crippen LogP contribution in [0.25, 0.3) is 0 Å². The van der Waals surface area contributed by atoms with Crippen LogP contribution in [0.2, 0.25) is 0 Å². The van der Waals surface area contributed by atoms with E-state index < -0.39 is 0 Å². The number of aromatic nitrogens is 2. The third-order valence-corrected chi connectivity index (χ3v) is 3.70. The van der Waals surface area contributed by atoms with Gasteiger partial charge < -0.3 is 9.47 Å². The summed E-state index contributed by atoms with van der Waals surface area (Å²) >= 11 is 0. The highest BCUT2D eigenvalue weighted by molar-refractivity contribution is 5.97. The minimum atomic E-state index is 0.0854.